The second-order valence-corrected chi connectivity index (χ2v) is 8.36. The van der Waals surface area contributed by atoms with Crippen LogP contribution in [-0.2, 0) is 4.74 Å². The Hall–Kier alpha value is -0.120. The van der Waals surface area contributed by atoms with Crippen molar-refractivity contribution in [1.29, 1.82) is 0 Å². The number of hydrogen-bond acceptors (Lipinski definition) is 3. The van der Waals surface area contributed by atoms with Crippen LogP contribution < -0.4 is 5.32 Å². The molecule has 0 aliphatic carbocycles. The van der Waals surface area contributed by atoms with Crippen LogP contribution in [0.5, 0.6) is 0 Å². The summed E-state index contributed by atoms with van der Waals surface area (Å²) in [6, 6.07) is 0. The van der Waals surface area contributed by atoms with E-state index in [2.05, 4.69) is 44.8 Å². The quantitative estimate of drug-likeness (QED) is 0.742. The molecule has 1 heterocycles. The van der Waals surface area contributed by atoms with Gasteiger partial charge in [0.05, 0.1) is 6.61 Å². The van der Waals surface area contributed by atoms with E-state index in [1.165, 1.54) is 45.3 Å². The topological polar surface area (TPSA) is 24.5 Å². The predicted octanol–water partition coefficient (Wildman–Crippen LogP) is 3.54. The molecule has 1 aliphatic heterocycles. The maximum Gasteiger partial charge on any atom is 0.0502 e. The summed E-state index contributed by atoms with van der Waals surface area (Å²) in [5.41, 5.74) is 0.576. The van der Waals surface area contributed by atoms with Crippen molar-refractivity contribution in [1.82, 2.24) is 10.2 Å². The molecule has 2 atom stereocenters. The van der Waals surface area contributed by atoms with E-state index >= 15 is 0 Å². The van der Waals surface area contributed by atoms with Crippen molar-refractivity contribution >= 4 is 0 Å². The van der Waals surface area contributed by atoms with Crippen LogP contribution in [0.25, 0.3) is 0 Å². The van der Waals surface area contributed by atoms with Gasteiger partial charge in [-0.3, -0.25) is 0 Å². The lowest BCUT2D eigenvalue weighted by Crippen LogP contribution is -2.49. The summed E-state index contributed by atoms with van der Waals surface area (Å²) in [4.78, 5) is 2.67. The Labute approximate surface area is 132 Å². The molecular formula is C18H38N2O. The van der Waals surface area contributed by atoms with Crippen LogP contribution in [0.2, 0.25) is 0 Å². The second-order valence-electron chi connectivity index (χ2n) is 8.36. The van der Waals surface area contributed by atoms with Crippen LogP contribution in [0.15, 0.2) is 0 Å². The maximum atomic E-state index is 5.36. The molecule has 0 aromatic heterocycles. The van der Waals surface area contributed by atoms with Gasteiger partial charge in [-0.15, -0.1) is 0 Å². The van der Waals surface area contributed by atoms with E-state index in [4.69, 9.17) is 4.74 Å². The molecular weight excluding hydrogens is 260 g/mol. The minimum atomic E-state index is 0.204. The maximum absolute atomic E-state index is 5.36. The number of piperidine rings is 1. The molecule has 0 amide bonds. The summed E-state index contributed by atoms with van der Waals surface area (Å²) in [6.45, 7) is 17.2. The molecule has 1 rings (SSSR count). The number of hydrogen-bond donors (Lipinski definition) is 1. The first-order valence-electron chi connectivity index (χ1n) is 8.74. The second kappa shape index (κ2) is 8.50. The van der Waals surface area contributed by atoms with Gasteiger partial charge in [0.25, 0.3) is 0 Å². The highest BCUT2D eigenvalue weighted by Crippen LogP contribution is 2.27. The number of ether oxygens (including phenoxy) is 1. The molecule has 1 fully saturated rings. The summed E-state index contributed by atoms with van der Waals surface area (Å²) in [7, 11) is 1.83. The number of nitrogens with one attached hydrogen (secondary N) is 1. The highest BCUT2D eigenvalue weighted by molar-refractivity contribution is 4.86. The summed E-state index contributed by atoms with van der Waals surface area (Å²) >= 11 is 0. The van der Waals surface area contributed by atoms with Crippen molar-refractivity contribution < 1.29 is 4.74 Å². The van der Waals surface area contributed by atoms with Gasteiger partial charge in [-0.05, 0) is 57.9 Å². The van der Waals surface area contributed by atoms with Crippen LogP contribution in [0.3, 0.4) is 0 Å². The average Bonchev–Trinajstić information content (AvgIpc) is 2.37. The van der Waals surface area contributed by atoms with Gasteiger partial charge in [0, 0.05) is 32.3 Å². The van der Waals surface area contributed by atoms with Gasteiger partial charge in [0.15, 0.2) is 0 Å². The molecule has 3 heteroatoms. The van der Waals surface area contributed by atoms with E-state index in [-0.39, 0.29) is 5.54 Å². The highest BCUT2D eigenvalue weighted by Gasteiger charge is 2.30. The Kier molecular flexibility index (Phi) is 7.66. The number of likely N-dealkylation sites (tertiary alicyclic amines) is 1. The van der Waals surface area contributed by atoms with E-state index in [9.17, 15) is 0 Å². The number of rotatable bonds is 8. The van der Waals surface area contributed by atoms with Crippen LogP contribution in [-0.4, -0.2) is 50.3 Å². The first-order valence-corrected chi connectivity index (χ1v) is 8.74. The predicted molar refractivity (Wildman–Crippen MR) is 91.8 cm³/mol. The fraction of sp³-hybridized carbons (Fsp3) is 1.00. The SMILES string of the molecule is CCCC(C)(CNC(C)(C)C)CN1CCCC(COC)C1. The Morgan fingerprint density at radius 2 is 1.95 bits per heavy atom. The van der Waals surface area contributed by atoms with Crippen molar-refractivity contribution in [2.45, 2.75) is 65.8 Å². The van der Waals surface area contributed by atoms with Gasteiger partial charge < -0.3 is 15.0 Å². The molecule has 0 bridgehead atoms. The van der Waals surface area contributed by atoms with Crippen molar-refractivity contribution in [2.75, 3.05) is 39.9 Å². The molecule has 0 saturated carbocycles. The van der Waals surface area contributed by atoms with E-state index in [0.29, 0.717) is 5.41 Å². The van der Waals surface area contributed by atoms with E-state index in [1.54, 1.807) is 0 Å². The molecule has 0 radical (unpaired) electrons. The van der Waals surface area contributed by atoms with Gasteiger partial charge in [-0.2, -0.15) is 0 Å². The van der Waals surface area contributed by atoms with E-state index in [0.717, 1.165) is 19.1 Å². The van der Waals surface area contributed by atoms with Crippen LogP contribution in [0.1, 0.15) is 60.3 Å². The Morgan fingerprint density at radius 1 is 1.24 bits per heavy atom. The van der Waals surface area contributed by atoms with Crippen molar-refractivity contribution in [3.05, 3.63) is 0 Å². The van der Waals surface area contributed by atoms with Crippen LogP contribution in [0, 0.1) is 11.3 Å². The molecule has 126 valence electrons. The zero-order valence-electron chi connectivity index (χ0n) is 15.3. The monoisotopic (exact) mass is 298 g/mol. The normalized spacial score (nSPS) is 24.0. The van der Waals surface area contributed by atoms with Gasteiger partial charge in [-0.1, -0.05) is 20.3 Å². The lowest BCUT2D eigenvalue weighted by molar-refractivity contribution is 0.0619. The van der Waals surface area contributed by atoms with E-state index in [1.807, 2.05) is 7.11 Å². The Morgan fingerprint density at radius 3 is 2.52 bits per heavy atom. The molecule has 1 N–H and O–H groups in total. The highest BCUT2D eigenvalue weighted by atomic mass is 16.5. The minimum Gasteiger partial charge on any atom is -0.384 e. The van der Waals surface area contributed by atoms with Gasteiger partial charge in [0.1, 0.15) is 0 Å². The third-order valence-corrected chi connectivity index (χ3v) is 4.51. The molecule has 0 aromatic rings. The first kappa shape index (κ1) is 18.9. The smallest absolute Gasteiger partial charge is 0.0502 e. The number of nitrogens with zero attached hydrogens (tertiary/aromatic N) is 1. The summed E-state index contributed by atoms with van der Waals surface area (Å²) in [6.07, 6.45) is 5.21. The zero-order chi connectivity index (χ0) is 15.9. The first-order chi connectivity index (χ1) is 9.78. The lowest BCUT2D eigenvalue weighted by atomic mass is 9.83. The molecule has 1 aliphatic rings. The lowest BCUT2D eigenvalue weighted by Gasteiger charge is -2.41. The largest absolute Gasteiger partial charge is 0.384 e. The molecule has 3 nitrogen and oxygen atoms in total. The average molecular weight is 299 g/mol. The fourth-order valence-corrected chi connectivity index (χ4v) is 3.51. The molecule has 0 spiro atoms. The van der Waals surface area contributed by atoms with Crippen molar-refractivity contribution in [3.63, 3.8) is 0 Å². The Bertz CT molecular complexity index is 285. The van der Waals surface area contributed by atoms with Gasteiger partial charge in [0.2, 0.25) is 0 Å². The van der Waals surface area contributed by atoms with Crippen molar-refractivity contribution in [2.24, 2.45) is 11.3 Å². The molecule has 0 aromatic carbocycles. The molecule has 21 heavy (non-hydrogen) atoms. The third kappa shape index (κ3) is 7.62. The standard InChI is InChI=1S/C18H38N2O/c1-7-10-18(5,14-19-17(2,3)4)15-20-11-8-9-16(12-20)13-21-6/h16,19H,7-15H2,1-6H3. The molecule has 2 unspecified atom stereocenters. The molecule has 1 saturated heterocycles. The minimum absolute atomic E-state index is 0.204. The fourth-order valence-electron chi connectivity index (χ4n) is 3.51. The number of methoxy groups -OCH3 is 1. The van der Waals surface area contributed by atoms with E-state index < -0.39 is 0 Å². The zero-order valence-corrected chi connectivity index (χ0v) is 15.3. The third-order valence-electron chi connectivity index (χ3n) is 4.51. The summed E-state index contributed by atoms with van der Waals surface area (Å²) < 4.78 is 5.36. The van der Waals surface area contributed by atoms with Gasteiger partial charge >= 0.3 is 0 Å². The van der Waals surface area contributed by atoms with Crippen LogP contribution >= 0.6 is 0 Å². The summed E-state index contributed by atoms with van der Waals surface area (Å²) in [5, 5.41) is 3.72. The summed E-state index contributed by atoms with van der Waals surface area (Å²) in [5.74, 6) is 0.727. The van der Waals surface area contributed by atoms with Crippen molar-refractivity contribution in [3.8, 4) is 0 Å². The van der Waals surface area contributed by atoms with Gasteiger partial charge in [-0.25, -0.2) is 0 Å². The van der Waals surface area contributed by atoms with Crippen LogP contribution in [0.4, 0.5) is 0 Å². The Balaban J connectivity index is 2.55.